The first-order chi connectivity index (χ1) is 8.47. The number of aliphatic hydroxyl groups is 1. The second-order valence-electron chi connectivity index (χ2n) is 5.14. The maximum Gasteiger partial charge on any atom is 0.419 e. The average molecular weight is 279 g/mol. The second kappa shape index (κ2) is 4.88. The van der Waals surface area contributed by atoms with Gasteiger partial charge in [-0.3, -0.25) is 0 Å². The summed E-state index contributed by atoms with van der Waals surface area (Å²) in [5.41, 5.74) is -3.06. The number of nitrogens with one attached hydrogen (secondary N) is 1. The summed E-state index contributed by atoms with van der Waals surface area (Å²) in [5, 5.41) is 8.95. The van der Waals surface area contributed by atoms with Crippen molar-refractivity contribution in [1.82, 2.24) is 4.98 Å². The van der Waals surface area contributed by atoms with Crippen LogP contribution in [0.4, 0.5) is 13.2 Å². The molecule has 0 unspecified atom stereocenters. The number of ether oxygens (including phenoxy) is 1. The van der Waals surface area contributed by atoms with Crippen molar-refractivity contribution >= 4 is 5.97 Å². The summed E-state index contributed by atoms with van der Waals surface area (Å²) < 4.78 is 43.8. The maximum absolute atomic E-state index is 13.0. The van der Waals surface area contributed by atoms with Crippen LogP contribution in [-0.2, 0) is 17.5 Å². The number of H-pyrrole nitrogens is 1. The number of hydrogen-bond donors (Lipinski definition) is 2. The van der Waals surface area contributed by atoms with Crippen LogP contribution >= 0.6 is 0 Å². The standard InChI is InChI=1S/C12H16F3NO3/c1-6-8(10(18)19-11(2,3)4)9(12(13,14)15)7(5-17)16-6/h16-17H,5H2,1-4H3. The summed E-state index contributed by atoms with van der Waals surface area (Å²) in [6.07, 6.45) is -4.74. The van der Waals surface area contributed by atoms with Crippen LogP contribution in [0.15, 0.2) is 0 Å². The van der Waals surface area contributed by atoms with Crippen LogP contribution in [0.2, 0.25) is 0 Å². The number of carbonyl (C=O) groups is 1. The molecule has 0 saturated heterocycles. The Morgan fingerprint density at radius 2 is 1.84 bits per heavy atom. The normalized spacial score (nSPS) is 12.6. The Hall–Kier alpha value is -1.50. The lowest BCUT2D eigenvalue weighted by Gasteiger charge is -2.20. The largest absolute Gasteiger partial charge is 0.456 e. The van der Waals surface area contributed by atoms with Gasteiger partial charge in [-0.05, 0) is 27.7 Å². The van der Waals surface area contributed by atoms with Crippen molar-refractivity contribution in [2.75, 3.05) is 0 Å². The van der Waals surface area contributed by atoms with Crippen LogP contribution in [0.1, 0.15) is 48.1 Å². The van der Waals surface area contributed by atoms with E-state index in [9.17, 15) is 18.0 Å². The first-order valence-corrected chi connectivity index (χ1v) is 5.60. The Morgan fingerprint density at radius 3 is 2.21 bits per heavy atom. The van der Waals surface area contributed by atoms with Crippen LogP contribution in [0, 0.1) is 6.92 Å². The molecule has 0 aliphatic carbocycles. The minimum Gasteiger partial charge on any atom is -0.456 e. The van der Waals surface area contributed by atoms with Gasteiger partial charge in [0.2, 0.25) is 0 Å². The van der Waals surface area contributed by atoms with Crippen LogP contribution in [0.5, 0.6) is 0 Å². The van der Waals surface area contributed by atoms with Gasteiger partial charge in [0.05, 0.1) is 23.4 Å². The zero-order valence-electron chi connectivity index (χ0n) is 11.1. The topological polar surface area (TPSA) is 62.3 Å². The highest BCUT2D eigenvalue weighted by molar-refractivity contribution is 5.93. The Bertz CT molecular complexity index is 484. The Labute approximate surface area is 108 Å². The van der Waals surface area contributed by atoms with E-state index in [0.717, 1.165) is 0 Å². The number of aliphatic hydroxyl groups excluding tert-OH is 1. The van der Waals surface area contributed by atoms with Gasteiger partial charge in [0.25, 0.3) is 0 Å². The molecule has 108 valence electrons. The molecular formula is C12H16F3NO3. The fourth-order valence-electron chi connectivity index (χ4n) is 1.71. The number of aromatic amines is 1. The first kappa shape index (κ1) is 15.6. The van der Waals surface area contributed by atoms with Gasteiger partial charge in [-0.2, -0.15) is 13.2 Å². The number of alkyl halides is 3. The van der Waals surface area contributed by atoms with Crippen LogP contribution in [-0.4, -0.2) is 21.7 Å². The number of hydrogen-bond acceptors (Lipinski definition) is 3. The summed E-state index contributed by atoms with van der Waals surface area (Å²) in [5.74, 6) is -1.06. The predicted octanol–water partition coefficient (Wildman–Crippen LogP) is 2.79. The Balaban J connectivity index is 3.35. The van der Waals surface area contributed by atoms with E-state index in [1.54, 1.807) is 20.8 Å². The molecule has 0 spiro atoms. The fourth-order valence-corrected chi connectivity index (χ4v) is 1.71. The summed E-state index contributed by atoms with van der Waals surface area (Å²) in [7, 11) is 0. The van der Waals surface area contributed by atoms with E-state index in [0.29, 0.717) is 0 Å². The molecule has 19 heavy (non-hydrogen) atoms. The molecule has 7 heteroatoms. The SMILES string of the molecule is Cc1[nH]c(CO)c(C(F)(F)F)c1C(=O)OC(C)(C)C. The third-order valence-electron chi connectivity index (χ3n) is 2.31. The van der Waals surface area contributed by atoms with Crippen LogP contribution in [0.3, 0.4) is 0 Å². The molecule has 1 rings (SSSR count). The van der Waals surface area contributed by atoms with Crippen molar-refractivity contribution in [3.63, 3.8) is 0 Å². The molecule has 0 aliphatic heterocycles. The number of aromatic nitrogens is 1. The van der Waals surface area contributed by atoms with E-state index < -0.39 is 41.2 Å². The van der Waals surface area contributed by atoms with E-state index >= 15 is 0 Å². The van der Waals surface area contributed by atoms with Crippen molar-refractivity contribution in [2.24, 2.45) is 0 Å². The highest BCUT2D eigenvalue weighted by Gasteiger charge is 2.41. The van der Waals surface area contributed by atoms with Crippen molar-refractivity contribution in [1.29, 1.82) is 0 Å². The van der Waals surface area contributed by atoms with Crippen molar-refractivity contribution < 1.29 is 27.8 Å². The number of esters is 1. The monoisotopic (exact) mass is 279 g/mol. The van der Waals surface area contributed by atoms with Crippen molar-refractivity contribution in [3.8, 4) is 0 Å². The fraction of sp³-hybridized carbons (Fsp3) is 0.583. The van der Waals surface area contributed by atoms with Gasteiger partial charge < -0.3 is 14.8 Å². The maximum atomic E-state index is 13.0. The highest BCUT2D eigenvalue weighted by atomic mass is 19.4. The number of rotatable bonds is 2. The van der Waals surface area contributed by atoms with Crippen LogP contribution in [0.25, 0.3) is 0 Å². The molecule has 2 N–H and O–H groups in total. The molecule has 0 aliphatic rings. The molecule has 1 aromatic rings. The van der Waals surface area contributed by atoms with Gasteiger partial charge in [-0.25, -0.2) is 4.79 Å². The smallest absolute Gasteiger partial charge is 0.419 e. The molecule has 1 aromatic heterocycles. The summed E-state index contributed by atoms with van der Waals surface area (Å²) in [6.45, 7) is 5.18. The zero-order valence-corrected chi connectivity index (χ0v) is 11.1. The van der Waals surface area contributed by atoms with Crippen LogP contribution < -0.4 is 0 Å². The van der Waals surface area contributed by atoms with E-state index in [1.807, 2.05) is 0 Å². The third kappa shape index (κ3) is 3.50. The predicted molar refractivity (Wildman–Crippen MR) is 61.6 cm³/mol. The summed E-state index contributed by atoms with van der Waals surface area (Å²) >= 11 is 0. The molecule has 4 nitrogen and oxygen atoms in total. The third-order valence-corrected chi connectivity index (χ3v) is 2.31. The van der Waals surface area contributed by atoms with Gasteiger partial charge >= 0.3 is 12.1 Å². The van der Waals surface area contributed by atoms with E-state index in [1.165, 1.54) is 6.92 Å². The second-order valence-corrected chi connectivity index (χ2v) is 5.14. The summed E-state index contributed by atoms with van der Waals surface area (Å²) in [4.78, 5) is 14.2. The van der Waals surface area contributed by atoms with Gasteiger partial charge in [0.1, 0.15) is 5.60 Å². The number of carbonyl (C=O) groups excluding carboxylic acids is 1. The van der Waals surface area contributed by atoms with E-state index in [4.69, 9.17) is 9.84 Å². The number of aryl methyl sites for hydroxylation is 1. The molecule has 0 bridgehead atoms. The Kier molecular flexibility index (Phi) is 4.00. The summed E-state index contributed by atoms with van der Waals surface area (Å²) in [6, 6.07) is 0. The first-order valence-electron chi connectivity index (χ1n) is 5.60. The van der Waals surface area contributed by atoms with E-state index in [-0.39, 0.29) is 5.69 Å². The minimum absolute atomic E-state index is 0.0191. The lowest BCUT2D eigenvalue weighted by molar-refractivity contribution is -0.139. The molecule has 0 amide bonds. The molecule has 0 atom stereocenters. The molecule has 0 saturated carbocycles. The lowest BCUT2D eigenvalue weighted by Crippen LogP contribution is -2.25. The minimum atomic E-state index is -4.74. The molecular weight excluding hydrogens is 263 g/mol. The van der Waals surface area contributed by atoms with Gasteiger partial charge in [0, 0.05) is 5.69 Å². The van der Waals surface area contributed by atoms with Gasteiger partial charge in [0.15, 0.2) is 0 Å². The quantitative estimate of drug-likeness (QED) is 0.818. The van der Waals surface area contributed by atoms with Crippen molar-refractivity contribution in [2.45, 2.75) is 46.1 Å². The molecule has 0 radical (unpaired) electrons. The van der Waals surface area contributed by atoms with Crippen molar-refractivity contribution in [3.05, 3.63) is 22.5 Å². The lowest BCUT2D eigenvalue weighted by atomic mass is 10.1. The van der Waals surface area contributed by atoms with Gasteiger partial charge in [-0.1, -0.05) is 0 Å². The number of halogens is 3. The highest BCUT2D eigenvalue weighted by Crippen LogP contribution is 2.37. The molecule has 0 fully saturated rings. The molecule has 0 aromatic carbocycles. The average Bonchev–Trinajstić information content (AvgIpc) is 2.51. The Morgan fingerprint density at radius 1 is 1.32 bits per heavy atom. The molecule has 1 heterocycles. The van der Waals surface area contributed by atoms with E-state index in [2.05, 4.69) is 4.98 Å². The zero-order chi connectivity index (χ0) is 15.0. The van der Waals surface area contributed by atoms with Gasteiger partial charge in [-0.15, -0.1) is 0 Å².